The first kappa shape index (κ1) is 12.0. The van der Waals surface area contributed by atoms with Crippen LogP contribution in [-0.2, 0) is 15.2 Å². The van der Waals surface area contributed by atoms with Crippen molar-refractivity contribution in [3.05, 3.63) is 22.7 Å². The lowest BCUT2D eigenvalue weighted by Crippen LogP contribution is -2.29. The van der Waals surface area contributed by atoms with Gasteiger partial charge in [0.15, 0.2) is 11.5 Å². The summed E-state index contributed by atoms with van der Waals surface area (Å²) in [6.07, 6.45) is 0. The molecule has 0 aromatic heterocycles. The Morgan fingerprint density at radius 3 is 2.65 bits per heavy atom. The molecule has 92 valence electrons. The summed E-state index contributed by atoms with van der Waals surface area (Å²) in [4.78, 5) is 11.4. The summed E-state index contributed by atoms with van der Waals surface area (Å²) in [7, 11) is 1.11. The lowest BCUT2D eigenvalue weighted by atomic mass is 9.97. The monoisotopic (exact) mass is 260 g/mol. The summed E-state index contributed by atoms with van der Waals surface area (Å²) in [6, 6.07) is 2.77. The summed E-state index contributed by atoms with van der Waals surface area (Å²) < 4.78 is 28.9. The van der Waals surface area contributed by atoms with Gasteiger partial charge in [-0.3, -0.25) is 0 Å². The lowest BCUT2D eigenvalue weighted by Gasteiger charge is -2.19. The van der Waals surface area contributed by atoms with Gasteiger partial charge in [0.1, 0.15) is 0 Å². The van der Waals surface area contributed by atoms with E-state index in [1.54, 1.807) is 0 Å². The molecule has 1 atom stereocenters. The molecular weight excluding hydrogens is 251 g/mol. The summed E-state index contributed by atoms with van der Waals surface area (Å²) in [5.41, 5.74) is -2.33. The molecule has 1 aliphatic rings. The molecule has 1 heterocycles. The van der Waals surface area contributed by atoms with Crippen LogP contribution in [-0.4, -0.2) is 19.9 Å². The number of ether oxygens (including phenoxy) is 3. The summed E-state index contributed by atoms with van der Waals surface area (Å²) >= 11 is 5.91. The number of hydrogen-bond acceptors (Lipinski definition) is 4. The minimum Gasteiger partial charge on any atom is -0.466 e. The second kappa shape index (κ2) is 4.07. The average molecular weight is 261 g/mol. The second-order valence-corrected chi connectivity index (χ2v) is 4.09. The van der Waals surface area contributed by atoms with Crippen LogP contribution in [0.5, 0.6) is 11.5 Å². The van der Waals surface area contributed by atoms with Crippen molar-refractivity contribution in [2.75, 3.05) is 13.9 Å². The summed E-state index contributed by atoms with van der Waals surface area (Å²) in [6.45, 7) is 1.14. The number of carbonyl (C=O) groups is 1. The Hall–Kier alpha value is -1.49. The number of carbonyl (C=O) groups excluding carboxylic acids is 1. The number of alkyl halides is 1. The number of rotatable bonds is 2. The molecular formula is C11H10ClFO4. The molecule has 6 heteroatoms. The molecule has 17 heavy (non-hydrogen) atoms. The Kier molecular flexibility index (Phi) is 2.87. The molecule has 1 unspecified atom stereocenters. The highest BCUT2D eigenvalue weighted by atomic mass is 35.5. The van der Waals surface area contributed by atoms with Crippen LogP contribution in [0.2, 0.25) is 5.02 Å². The Morgan fingerprint density at radius 1 is 1.47 bits per heavy atom. The van der Waals surface area contributed by atoms with Crippen LogP contribution >= 0.6 is 11.6 Å². The van der Waals surface area contributed by atoms with Crippen LogP contribution in [0.4, 0.5) is 4.39 Å². The standard InChI is InChI=1S/C11H10ClFO4/c1-11(13,10(14)15-2)6-3-8-9(4-7(6)12)17-5-16-8/h3-4H,5H2,1-2H3. The van der Waals surface area contributed by atoms with Crippen LogP contribution < -0.4 is 9.47 Å². The molecule has 0 fully saturated rings. The van der Waals surface area contributed by atoms with Gasteiger partial charge in [-0.2, -0.15) is 0 Å². The van der Waals surface area contributed by atoms with Crippen molar-refractivity contribution >= 4 is 17.6 Å². The Balaban J connectivity index is 2.49. The van der Waals surface area contributed by atoms with Gasteiger partial charge in [0.2, 0.25) is 12.5 Å². The fraction of sp³-hybridized carbons (Fsp3) is 0.364. The zero-order chi connectivity index (χ0) is 12.6. The molecule has 1 aliphatic heterocycles. The maximum atomic E-state index is 14.3. The SMILES string of the molecule is COC(=O)C(C)(F)c1cc2c(cc1Cl)OCO2. The maximum Gasteiger partial charge on any atom is 0.348 e. The minimum absolute atomic E-state index is 0.00438. The zero-order valence-electron chi connectivity index (χ0n) is 9.25. The fourth-order valence-corrected chi connectivity index (χ4v) is 1.91. The van der Waals surface area contributed by atoms with Gasteiger partial charge in [0.25, 0.3) is 0 Å². The van der Waals surface area contributed by atoms with Crippen molar-refractivity contribution < 1.29 is 23.4 Å². The molecule has 0 N–H and O–H groups in total. The third kappa shape index (κ3) is 1.91. The van der Waals surface area contributed by atoms with E-state index in [9.17, 15) is 9.18 Å². The number of hydrogen-bond donors (Lipinski definition) is 0. The molecule has 0 saturated heterocycles. The van der Waals surface area contributed by atoms with Crippen molar-refractivity contribution in [2.24, 2.45) is 0 Å². The summed E-state index contributed by atoms with van der Waals surface area (Å²) in [5, 5.41) is 0.0876. The van der Waals surface area contributed by atoms with E-state index >= 15 is 0 Å². The predicted octanol–water partition coefficient (Wildman–Crippen LogP) is 2.43. The van der Waals surface area contributed by atoms with E-state index in [-0.39, 0.29) is 17.4 Å². The van der Waals surface area contributed by atoms with Gasteiger partial charge in [-0.15, -0.1) is 0 Å². The van der Waals surface area contributed by atoms with Crippen molar-refractivity contribution in [2.45, 2.75) is 12.6 Å². The van der Waals surface area contributed by atoms with E-state index in [1.165, 1.54) is 12.1 Å². The molecule has 0 spiro atoms. The predicted molar refractivity (Wildman–Crippen MR) is 58.1 cm³/mol. The van der Waals surface area contributed by atoms with Crippen LogP contribution in [0.25, 0.3) is 0 Å². The topological polar surface area (TPSA) is 44.8 Å². The normalized spacial score (nSPS) is 16.5. The first-order valence-corrected chi connectivity index (χ1v) is 5.21. The van der Waals surface area contributed by atoms with Gasteiger partial charge in [0.05, 0.1) is 12.1 Å². The number of fused-ring (bicyclic) bond motifs is 1. The van der Waals surface area contributed by atoms with Crippen molar-refractivity contribution in [3.63, 3.8) is 0 Å². The summed E-state index contributed by atoms with van der Waals surface area (Å²) in [5.74, 6) is -0.227. The van der Waals surface area contributed by atoms with Gasteiger partial charge in [-0.1, -0.05) is 11.6 Å². The van der Waals surface area contributed by atoms with Gasteiger partial charge < -0.3 is 14.2 Å². The van der Waals surface area contributed by atoms with Gasteiger partial charge in [-0.25, -0.2) is 9.18 Å². The van der Waals surface area contributed by atoms with Crippen LogP contribution in [0, 0.1) is 0 Å². The van der Waals surface area contributed by atoms with E-state index < -0.39 is 11.6 Å². The van der Waals surface area contributed by atoms with E-state index in [4.69, 9.17) is 21.1 Å². The molecule has 0 amide bonds. The second-order valence-electron chi connectivity index (χ2n) is 3.68. The van der Waals surface area contributed by atoms with Crippen LogP contribution in [0.15, 0.2) is 12.1 Å². The maximum absolute atomic E-state index is 14.3. The third-order valence-corrected chi connectivity index (χ3v) is 2.85. The van der Waals surface area contributed by atoms with E-state index in [0.717, 1.165) is 14.0 Å². The minimum atomic E-state index is -2.33. The van der Waals surface area contributed by atoms with Crippen molar-refractivity contribution in [3.8, 4) is 11.5 Å². The molecule has 1 aromatic carbocycles. The smallest absolute Gasteiger partial charge is 0.348 e. The van der Waals surface area contributed by atoms with E-state index in [1.807, 2.05) is 0 Å². The van der Waals surface area contributed by atoms with Crippen LogP contribution in [0.1, 0.15) is 12.5 Å². The first-order chi connectivity index (χ1) is 7.96. The lowest BCUT2D eigenvalue weighted by molar-refractivity contribution is -0.154. The molecule has 0 radical (unpaired) electrons. The average Bonchev–Trinajstić information content (AvgIpc) is 2.73. The largest absolute Gasteiger partial charge is 0.466 e. The molecule has 1 aromatic rings. The highest BCUT2D eigenvalue weighted by Crippen LogP contribution is 2.42. The Morgan fingerprint density at radius 2 is 2.06 bits per heavy atom. The molecule has 0 aliphatic carbocycles. The molecule has 0 bridgehead atoms. The molecule has 0 saturated carbocycles. The highest BCUT2D eigenvalue weighted by Gasteiger charge is 2.39. The van der Waals surface area contributed by atoms with Crippen LogP contribution in [0.3, 0.4) is 0 Å². The first-order valence-electron chi connectivity index (χ1n) is 4.83. The van der Waals surface area contributed by atoms with Gasteiger partial charge in [-0.05, 0) is 13.0 Å². The van der Waals surface area contributed by atoms with Gasteiger partial charge in [0, 0.05) is 11.6 Å². The van der Waals surface area contributed by atoms with E-state index in [2.05, 4.69) is 4.74 Å². The number of halogens is 2. The molecule has 4 nitrogen and oxygen atoms in total. The Labute approximate surface area is 102 Å². The van der Waals surface area contributed by atoms with Crippen molar-refractivity contribution in [1.82, 2.24) is 0 Å². The number of esters is 1. The van der Waals surface area contributed by atoms with E-state index in [0.29, 0.717) is 11.5 Å². The quantitative estimate of drug-likeness (QED) is 0.766. The van der Waals surface area contributed by atoms with Crippen molar-refractivity contribution in [1.29, 1.82) is 0 Å². The Bertz CT molecular complexity index is 473. The zero-order valence-corrected chi connectivity index (χ0v) is 10.0. The van der Waals surface area contributed by atoms with Gasteiger partial charge >= 0.3 is 5.97 Å². The number of benzene rings is 1. The number of methoxy groups -OCH3 is 1. The third-order valence-electron chi connectivity index (χ3n) is 2.54. The highest BCUT2D eigenvalue weighted by molar-refractivity contribution is 6.32. The molecule has 2 rings (SSSR count). The fourth-order valence-electron chi connectivity index (χ4n) is 1.58.